The summed E-state index contributed by atoms with van der Waals surface area (Å²) in [7, 11) is 0. The molecule has 5 nitrogen and oxygen atoms in total. The van der Waals surface area contributed by atoms with Crippen molar-refractivity contribution in [3.05, 3.63) is 12.2 Å². The first-order chi connectivity index (χ1) is 14.7. The Morgan fingerprint density at radius 1 is 0.867 bits per heavy atom. The highest BCUT2D eigenvalue weighted by Crippen LogP contribution is 2.20. The molecule has 0 aromatic carbocycles. The second-order valence-corrected chi connectivity index (χ2v) is 8.74. The number of unbranched alkanes of at least 4 members (excludes halogenated alkanes) is 13. The molecule has 4 atom stereocenters. The second-order valence-electron chi connectivity index (χ2n) is 8.74. The van der Waals surface area contributed by atoms with Crippen molar-refractivity contribution in [2.45, 2.75) is 128 Å². The first-order valence-electron chi connectivity index (χ1n) is 12.6. The van der Waals surface area contributed by atoms with Gasteiger partial charge in [0.25, 0.3) is 0 Å². The molecule has 3 N–H and O–H groups in total. The van der Waals surface area contributed by atoms with Gasteiger partial charge >= 0.3 is 0 Å². The van der Waals surface area contributed by atoms with Crippen LogP contribution < -0.4 is 0 Å². The van der Waals surface area contributed by atoms with Crippen LogP contribution in [-0.2, 0) is 9.47 Å². The van der Waals surface area contributed by atoms with Gasteiger partial charge in [-0.1, -0.05) is 83.3 Å². The topological polar surface area (TPSA) is 79.2 Å². The number of allylic oxidation sites excluding steroid dienone is 2. The summed E-state index contributed by atoms with van der Waals surface area (Å²) in [6.45, 7) is 2.73. The Hall–Kier alpha value is -0.460. The molecule has 0 aromatic rings. The molecule has 30 heavy (non-hydrogen) atoms. The second kappa shape index (κ2) is 19.2. The van der Waals surface area contributed by atoms with Gasteiger partial charge in [-0.25, -0.2) is 0 Å². The van der Waals surface area contributed by atoms with Crippen LogP contribution in [0.25, 0.3) is 0 Å². The van der Waals surface area contributed by atoms with E-state index in [0.717, 1.165) is 12.8 Å². The Labute approximate surface area is 184 Å². The molecule has 0 radical (unpaired) electrons. The highest BCUT2D eigenvalue weighted by molar-refractivity contribution is 4.88. The largest absolute Gasteiger partial charge is 0.394 e. The van der Waals surface area contributed by atoms with E-state index in [1.165, 1.54) is 83.5 Å². The van der Waals surface area contributed by atoms with Crippen molar-refractivity contribution in [1.29, 1.82) is 0 Å². The lowest BCUT2D eigenvalue weighted by Gasteiger charge is -2.20. The van der Waals surface area contributed by atoms with Crippen LogP contribution in [0.5, 0.6) is 0 Å². The minimum absolute atomic E-state index is 0.272. The van der Waals surface area contributed by atoms with Gasteiger partial charge in [0.05, 0.1) is 13.2 Å². The molecule has 1 fully saturated rings. The Morgan fingerprint density at radius 2 is 1.40 bits per heavy atom. The lowest BCUT2D eigenvalue weighted by atomic mass is 10.1. The van der Waals surface area contributed by atoms with E-state index in [0.29, 0.717) is 6.61 Å². The maximum atomic E-state index is 10.1. The standard InChI is InChI=1S/C25H48O5/c1-2-3-4-5-6-7-8-9-10-11-12-13-14-15-16-17-18-19-29-23-21-30-25(24(23)28)22(27)20-26/h11-12,22-28H,2-10,13-21H2,1H3/b12-11+/t22-,23+,24+,25+/m0/s1. The fourth-order valence-electron chi connectivity index (χ4n) is 3.97. The van der Waals surface area contributed by atoms with E-state index >= 15 is 0 Å². The summed E-state index contributed by atoms with van der Waals surface area (Å²) in [6, 6.07) is 0. The maximum Gasteiger partial charge on any atom is 0.114 e. The summed E-state index contributed by atoms with van der Waals surface area (Å²) in [6.07, 6.45) is 21.0. The number of aliphatic hydroxyl groups is 3. The van der Waals surface area contributed by atoms with Gasteiger partial charge in [-0.2, -0.15) is 0 Å². The maximum absolute atomic E-state index is 10.1. The Bertz CT molecular complexity index is 401. The SMILES string of the molecule is CCCCCCCCCC/C=C/CCCCCCCO[C@@H]1CO[C@H]([C@@H](O)CO)[C@@H]1O. The monoisotopic (exact) mass is 428 g/mol. The summed E-state index contributed by atoms with van der Waals surface area (Å²) in [5.74, 6) is 0. The zero-order valence-electron chi connectivity index (χ0n) is 19.4. The van der Waals surface area contributed by atoms with Crippen molar-refractivity contribution in [2.24, 2.45) is 0 Å². The average molecular weight is 429 g/mol. The van der Waals surface area contributed by atoms with E-state index < -0.39 is 31.0 Å². The predicted octanol–water partition coefficient (Wildman–Crippen LogP) is 4.91. The van der Waals surface area contributed by atoms with Crippen molar-refractivity contribution >= 4 is 0 Å². The van der Waals surface area contributed by atoms with E-state index in [9.17, 15) is 10.2 Å². The molecule has 0 unspecified atom stereocenters. The zero-order chi connectivity index (χ0) is 21.9. The summed E-state index contributed by atoms with van der Waals surface area (Å²) in [5, 5.41) is 28.6. The lowest BCUT2D eigenvalue weighted by Crippen LogP contribution is -2.41. The molecular weight excluding hydrogens is 380 g/mol. The third-order valence-corrected chi connectivity index (χ3v) is 5.97. The molecule has 1 aliphatic heterocycles. The minimum Gasteiger partial charge on any atom is -0.394 e. The van der Waals surface area contributed by atoms with Crippen LogP contribution in [0.2, 0.25) is 0 Å². The number of hydrogen-bond acceptors (Lipinski definition) is 5. The summed E-state index contributed by atoms with van der Waals surface area (Å²) >= 11 is 0. The molecule has 0 amide bonds. The van der Waals surface area contributed by atoms with Crippen molar-refractivity contribution in [2.75, 3.05) is 19.8 Å². The first kappa shape index (κ1) is 27.6. The molecule has 1 heterocycles. The average Bonchev–Trinajstić information content (AvgIpc) is 3.12. The Balaban J connectivity index is 1.82. The highest BCUT2D eigenvalue weighted by atomic mass is 16.6. The molecule has 0 aliphatic carbocycles. The number of aliphatic hydroxyl groups excluding tert-OH is 3. The molecule has 1 saturated heterocycles. The molecule has 178 valence electrons. The van der Waals surface area contributed by atoms with Crippen molar-refractivity contribution in [3.8, 4) is 0 Å². The Kier molecular flexibility index (Phi) is 17.7. The smallest absolute Gasteiger partial charge is 0.114 e. The zero-order valence-corrected chi connectivity index (χ0v) is 19.4. The molecule has 1 aliphatic rings. The van der Waals surface area contributed by atoms with Crippen LogP contribution in [0, 0.1) is 0 Å². The number of hydrogen-bond donors (Lipinski definition) is 3. The van der Waals surface area contributed by atoms with Crippen LogP contribution in [0.1, 0.15) is 103 Å². The molecule has 0 bridgehead atoms. The van der Waals surface area contributed by atoms with E-state index in [4.69, 9.17) is 14.6 Å². The minimum atomic E-state index is -1.05. The van der Waals surface area contributed by atoms with Crippen LogP contribution in [0.3, 0.4) is 0 Å². The van der Waals surface area contributed by atoms with Crippen molar-refractivity contribution in [3.63, 3.8) is 0 Å². The normalized spacial score (nSPS) is 22.9. The van der Waals surface area contributed by atoms with E-state index in [-0.39, 0.29) is 6.61 Å². The first-order valence-corrected chi connectivity index (χ1v) is 12.6. The molecule has 5 heteroatoms. The molecule has 0 aromatic heterocycles. The van der Waals surface area contributed by atoms with Crippen LogP contribution in [0.15, 0.2) is 12.2 Å². The van der Waals surface area contributed by atoms with Gasteiger partial charge < -0.3 is 24.8 Å². The van der Waals surface area contributed by atoms with Gasteiger partial charge in [0.2, 0.25) is 0 Å². The van der Waals surface area contributed by atoms with Crippen molar-refractivity contribution < 1.29 is 24.8 Å². The van der Waals surface area contributed by atoms with E-state index in [1.54, 1.807) is 0 Å². The third-order valence-electron chi connectivity index (χ3n) is 5.97. The van der Waals surface area contributed by atoms with Gasteiger partial charge in [-0.3, -0.25) is 0 Å². The lowest BCUT2D eigenvalue weighted by molar-refractivity contribution is -0.0730. The molecule has 0 spiro atoms. The van der Waals surface area contributed by atoms with Gasteiger partial charge in [0.15, 0.2) is 0 Å². The Morgan fingerprint density at radius 3 is 1.97 bits per heavy atom. The third kappa shape index (κ3) is 13.1. The van der Waals surface area contributed by atoms with Gasteiger partial charge in [-0.05, 0) is 32.1 Å². The fraction of sp³-hybridized carbons (Fsp3) is 0.920. The van der Waals surface area contributed by atoms with Crippen LogP contribution in [-0.4, -0.2) is 59.6 Å². The molecular formula is C25H48O5. The number of rotatable bonds is 20. The predicted molar refractivity (Wildman–Crippen MR) is 123 cm³/mol. The summed E-state index contributed by atoms with van der Waals surface area (Å²) < 4.78 is 11.0. The molecule has 1 rings (SSSR count). The van der Waals surface area contributed by atoms with Gasteiger partial charge in [-0.15, -0.1) is 0 Å². The van der Waals surface area contributed by atoms with E-state index in [1.807, 2.05) is 0 Å². The van der Waals surface area contributed by atoms with Crippen molar-refractivity contribution in [1.82, 2.24) is 0 Å². The van der Waals surface area contributed by atoms with E-state index in [2.05, 4.69) is 19.1 Å². The number of ether oxygens (including phenoxy) is 2. The van der Waals surface area contributed by atoms with Crippen LogP contribution in [0.4, 0.5) is 0 Å². The molecule has 0 saturated carbocycles. The highest BCUT2D eigenvalue weighted by Gasteiger charge is 2.40. The van der Waals surface area contributed by atoms with Gasteiger partial charge in [0.1, 0.15) is 24.4 Å². The fourth-order valence-corrected chi connectivity index (χ4v) is 3.97. The summed E-state index contributed by atoms with van der Waals surface area (Å²) in [5.41, 5.74) is 0. The van der Waals surface area contributed by atoms with Gasteiger partial charge in [0, 0.05) is 6.61 Å². The van der Waals surface area contributed by atoms with Crippen LogP contribution >= 0.6 is 0 Å². The summed E-state index contributed by atoms with van der Waals surface area (Å²) in [4.78, 5) is 0. The quantitative estimate of drug-likeness (QED) is 0.190.